The van der Waals surface area contributed by atoms with Crippen molar-refractivity contribution in [3.63, 3.8) is 0 Å². The van der Waals surface area contributed by atoms with Crippen molar-refractivity contribution in [3.8, 4) is 0 Å². The molecule has 2 aromatic rings. The summed E-state index contributed by atoms with van der Waals surface area (Å²) >= 11 is 1.70. The second-order valence-corrected chi connectivity index (χ2v) is 4.81. The third kappa shape index (κ3) is 0.925. The minimum atomic E-state index is 0.213. The summed E-state index contributed by atoms with van der Waals surface area (Å²) in [6.45, 7) is 2.10. The Labute approximate surface area is 86.8 Å². The Bertz CT molecular complexity index is 478. The molecule has 1 aliphatic carbocycles. The third-order valence-corrected chi connectivity index (χ3v) is 3.87. The topological polar surface area (TPSA) is 29.3 Å². The number of fused-ring (bicyclic) bond motifs is 1. The van der Waals surface area contributed by atoms with Gasteiger partial charge in [0.05, 0.1) is 16.9 Å². The summed E-state index contributed by atoms with van der Waals surface area (Å²) < 4.78 is 2.23. The van der Waals surface area contributed by atoms with Crippen LogP contribution in [0.5, 0.6) is 0 Å². The van der Waals surface area contributed by atoms with Crippen molar-refractivity contribution in [2.75, 3.05) is 7.05 Å². The Morgan fingerprint density at radius 2 is 2.36 bits per heavy atom. The van der Waals surface area contributed by atoms with Crippen LogP contribution in [0.3, 0.4) is 0 Å². The molecule has 3 nitrogen and oxygen atoms in total. The van der Waals surface area contributed by atoms with Crippen LogP contribution in [0.1, 0.15) is 24.2 Å². The Balaban J connectivity index is 2.28. The third-order valence-electron chi connectivity index (χ3n) is 3.12. The quantitative estimate of drug-likeness (QED) is 0.815. The molecule has 4 heteroatoms. The molecule has 3 rings (SSSR count). The molecule has 0 saturated heterocycles. The van der Waals surface area contributed by atoms with Gasteiger partial charge in [-0.15, -0.1) is 11.3 Å². The lowest BCUT2D eigenvalue weighted by Gasteiger charge is -2.13. The summed E-state index contributed by atoms with van der Waals surface area (Å²) in [6.07, 6.45) is 4.58. The van der Waals surface area contributed by atoms with Crippen LogP contribution >= 0.6 is 11.3 Å². The van der Waals surface area contributed by atoms with Gasteiger partial charge in [-0.2, -0.15) is 0 Å². The van der Waals surface area contributed by atoms with Crippen LogP contribution < -0.4 is 5.32 Å². The van der Waals surface area contributed by atoms with Gasteiger partial charge in [-0.3, -0.25) is 4.40 Å². The number of rotatable bonds is 2. The number of nitrogens with zero attached hydrogens (tertiary/aromatic N) is 2. The molecule has 2 aromatic heterocycles. The summed E-state index contributed by atoms with van der Waals surface area (Å²) in [5.41, 5.74) is 2.74. The highest BCUT2D eigenvalue weighted by Crippen LogP contribution is 2.46. The van der Waals surface area contributed by atoms with Crippen molar-refractivity contribution in [3.05, 3.63) is 23.0 Å². The zero-order valence-corrected chi connectivity index (χ0v) is 9.19. The van der Waals surface area contributed by atoms with Gasteiger partial charge in [0.15, 0.2) is 4.96 Å². The SMILES string of the molecule is CNC1(c2c(C)nc3sccn23)CC1. The Hall–Kier alpha value is -0.870. The summed E-state index contributed by atoms with van der Waals surface area (Å²) in [4.78, 5) is 5.68. The highest BCUT2D eigenvalue weighted by atomic mass is 32.1. The fourth-order valence-electron chi connectivity index (χ4n) is 2.20. The van der Waals surface area contributed by atoms with Gasteiger partial charge in [0.1, 0.15) is 0 Å². The van der Waals surface area contributed by atoms with Gasteiger partial charge < -0.3 is 5.32 Å². The Morgan fingerprint density at radius 3 is 3.00 bits per heavy atom. The fraction of sp³-hybridized carbons (Fsp3) is 0.500. The van der Waals surface area contributed by atoms with E-state index >= 15 is 0 Å². The molecule has 1 aliphatic rings. The molecule has 1 saturated carbocycles. The second-order valence-electron chi connectivity index (χ2n) is 3.93. The van der Waals surface area contributed by atoms with E-state index in [-0.39, 0.29) is 5.54 Å². The lowest BCUT2D eigenvalue weighted by atomic mass is 10.1. The normalized spacial score (nSPS) is 19.0. The molecule has 74 valence electrons. The van der Waals surface area contributed by atoms with Crippen LogP contribution in [0.2, 0.25) is 0 Å². The summed E-state index contributed by atoms with van der Waals surface area (Å²) in [5.74, 6) is 0. The first-order valence-electron chi connectivity index (χ1n) is 4.88. The van der Waals surface area contributed by atoms with Gasteiger partial charge in [-0.1, -0.05) is 0 Å². The first kappa shape index (κ1) is 8.44. The average Bonchev–Trinajstić information content (AvgIpc) is 2.71. The highest BCUT2D eigenvalue weighted by molar-refractivity contribution is 7.15. The lowest BCUT2D eigenvalue weighted by Crippen LogP contribution is -2.26. The predicted molar refractivity (Wildman–Crippen MR) is 57.8 cm³/mol. The van der Waals surface area contributed by atoms with Crippen molar-refractivity contribution in [2.45, 2.75) is 25.3 Å². The van der Waals surface area contributed by atoms with Crippen LogP contribution in [0.4, 0.5) is 0 Å². The van der Waals surface area contributed by atoms with Gasteiger partial charge >= 0.3 is 0 Å². The number of imidazole rings is 1. The molecule has 0 radical (unpaired) electrons. The molecule has 0 bridgehead atoms. The van der Waals surface area contributed by atoms with Crippen LogP contribution in [-0.2, 0) is 5.54 Å². The van der Waals surface area contributed by atoms with Gasteiger partial charge in [0, 0.05) is 11.6 Å². The fourth-order valence-corrected chi connectivity index (χ4v) is 2.96. The summed E-state index contributed by atoms with van der Waals surface area (Å²) in [5, 5.41) is 5.52. The van der Waals surface area contributed by atoms with E-state index in [2.05, 4.69) is 33.2 Å². The molecule has 0 unspecified atom stereocenters. The summed E-state index contributed by atoms with van der Waals surface area (Å²) in [7, 11) is 2.04. The largest absolute Gasteiger partial charge is 0.309 e. The molecular weight excluding hydrogens is 194 g/mol. The molecular formula is C10H13N3S. The zero-order valence-electron chi connectivity index (χ0n) is 8.37. The van der Waals surface area contributed by atoms with E-state index in [1.54, 1.807) is 11.3 Å². The van der Waals surface area contributed by atoms with E-state index in [4.69, 9.17) is 0 Å². The first-order valence-corrected chi connectivity index (χ1v) is 5.76. The summed E-state index contributed by atoms with van der Waals surface area (Å²) in [6, 6.07) is 0. The van der Waals surface area contributed by atoms with Crippen molar-refractivity contribution < 1.29 is 0 Å². The van der Waals surface area contributed by atoms with E-state index in [9.17, 15) is 0 Å². The van der Waals surface area contributed by atoms with E-state index in [0.29, 0.717) is 0 Å². The van der Waals surface area contributed by atoms with E-state index < -0.39 is 0 Å². The molecule has 14 heavy (non-hydrogen) atoms. The molecule has 1 N–H and O–H groups in total. The molecule has 0 amide bonds. The Morgan fingerprint density at radius 1 is 1.57 bits per heavy atom. The maximum absolute atomic E-state index is 4.57. The maximum Gasteiger partial charge on any atom is 0.194 e. The van der Waals surface area contributed by atoms with E-state index in [0.717, 1.165) is 4.96 Å². The monoisotopic (exact) mass is 207 g/mol. The molecule has 0 aromatic carbocycles. The minimum Gasteiger partial charge on any atom is -0.309 e. The molecule has 2 heterocycles. The minimum absolute atomic E-state index is 0.213. The molecule has 0 atom stereocenters. The lowest BCUT2D eigenvalue weighted by molar-refractivity contribution is 0.559. The second kappa shape index (κ2) is 2.58. The van der Waals surface area contributed by atoms with Crippen molar-refractivity contribution >= 4 is 16.3 Å². The van der Waals surface area contributed by atoms with Crippen molar-refractivity contribution in [1.82, 2.24) is 14.7 Å². The molecule has 0 spiro atoms. The molecule has 0 aliphatic heterocycles. The van der Waals surface area contributed by atoms with Gasteiger partial charge in [0.2, 0.25) is 0 Å². The maximum atomic E-state index is 4.57. The van der Waals surface area contributed by atoms with Gasteiger partial charge in [0.25, 0.3) is 0 Å². The number of thiazole rings is 1. The standard InChI is InChI=1S/C10H13N3S/c1-7-8(10(11-2)3-4-10)13-5-6-14-9(13)12-7/h5-6,11H,3-4H2,1-2H3. The van der Waals surface area contributed by atoms with Gasteiger partial charge in [-0.05, 0) is 26.8 Å². The number of aromatic nitrogens is 2. The number of aryl methyl sites for hydroxylation is 1. The van der Waals surface area contributed by atoms with Crippen LogP contribution in [-0.4, -0.2) is 16.4 Å². The number of hydrogen-bond donors (Lipinski definition) is 1. The van der Waals surface area contributed by atoms with E-state index in [1.807, 2.05) is 7.05 Å². The van der Waals surface area contributed by atoms with Crippen LogP contribution in [0, 0.1) is 6.92 Å². The Kier molecular flexibility index (Phi) is 1.56. The zero-order chi connectivity index (χ0) is 9.76. The number of nitrogens with one attached hydrogen (secondary N) is 1. The highest BCUT2D eigenvalue weighted by Gasteiger charge is 2.46. The average molecular weight is 207 g/mol. The van der Waals surface area contributed by atoms with E-state index in [1.165, 1.54) is 24.2 Å². The van der Waals surface area contributed by atoms with Crippen LogP contribution in [0.25, 0.3) is 4.96 Å². The van der Waals surface area contributed by atoms with Crippen LogP contribution in [0.15, 0.2) is 11.6 Å². The van der Waals surface area contributed by atoms with Gasteiger partial charge in [-0.25, -0.2) is 4.98 Å². The number of hydrogen-bond acceptors (Lipinski definition) is 3. The smallest absolute Gasteiger partial charge is 0.194 e. The molecule has 1 fully saturated rings. The first-order chi connectivity index (χ1) is 6.77. The van der Waals surface area contributed by atoms with Crippen molar-refractivity contribution in [2.24, 2.45) is 0 Å². The van der Waals surface area contributed by atoms with Crippen molar-refractivity contribution in [1.29, 1.82) is 0 Å². The predicted octanol–water partition coefficient (Wildman–Crippen LogP) is 1.91.